The molecule has 0 unspecified atom stereocenters. The van der Waals surface area contributed by atoms with E-state index >= 15 is 0 Å². The lowest BCUT2D eigenvalue weighted by Gasteiger charge is -2.07. The van der Waals surface area contributed by atoms with Gasteiger partial charge in [0, 0.05) is 13.2 Å². The molecule has 0 atom stereocenters. The summed E-state index contributed by atoms with van der Waals surface area (Å²) in [6, 6.07) is 0. The van der Waals surface area contributed by atoms with Crippen LogP contribution >= 0.6 is 0 Å². The fourth-order valence-corrected chi connectivity index (χ4v) is 2.59. The average Bonchev–Trinajstić information content (AvgIpc) is 3.08. The molecule has 6 heteroatoms. The molecule has 1 aliphatic carbocycles. The molecule has 0 radical (unpaired) electrons. The van der Waals surface area contributed by atoms with E-state index in [1.54, 1.807) is 0 Å². The Balaban J connectivity index is 1.94. The van der Waals surface area contributed by atoms with Gasteiger partial charge in [0.2, 0.25) is 10.0 Å². The zero-order valence-corrected chi connectivity index (χ0v) is 11.4. The van der Waals surface area contributed by atoms with Crippen molar-refractivity contribution in [3.05, 3.63) is 0 Å². The molecule has 0 aromatic heterocycles. The van der Waals surface area contributed by atoms with Gasteiger partial charge in [0.05, 0.1) is 12.4 Å². The second-order valence-corrected chi connectivity index (χ2v) is 6.47. The van der Waals surface area contributed by atoms with Gasteiger partial charge in [-0.1, -0.05) is 0 Å². The summed E-state index contributed by atoms with van der Waals surface area (Å²) in [5.74, 6) is 0.935. The largest absolute Gasteiger partial charge is 0.380 e. The van der Waals surface area contributed by atoms with Crippen LogP contribution in [0.3, 0.4) is 0 Å². The van der Waals surface area contributed by atoms with Gasteiger partial charge < -0.3 is 10.1 Å². The molecule has 2 N–H and O–H groups in total. The van der Waals surface area contributed by atoms with Gasteiger partial charge in [-0.2, -0.15) is 0 Å². The molecule has 0 aliphatic heterocycles. The molecule has 0 saturated heterocycles. The first-order chi connectivity index (χ1) is 8.14. The van der Waals surface area contributed by atoms with Crippen LogP contribution in [0.1, 0.15) is 25.7 Å². The molecule has 1 fully saturated rings. The van der Waals surface area contributed by atoms with Crippen molar-refractivity contribution in [1.82, 2.24) is 10.0 Å². The minimum atomic E-state index is -3.10. The van der Waals surface area contributed by atoms with E-state index in [2.05, 4.69) is 10.0 Å². The molecule has 17 heavy (non-hydrogen) atoms. The van der Waals surface area contributed by atoms with Crippen molar-refractivity contribution in [3.8, 4) is 0 Å². The fourth-order valence-electron chi connectivity index (χ4n) is 1.47. The van der Waals surface area contributed by atoms with E-state index in [1.165, 1.54) is 12.8 Å². The summed E-state index contributed by atoms with van der Waals surface area (Å²) in [6.07, 6.45) is 4.10. The topological polar surface area (TPSA) is 67.4 Å². The van der Waals surface area contributed by atoms with Gasteiger partial charge in [-0.3, -0.25) is 0 Å². The van der Waals surface area contributed by atoms with Crippen molar-refractivity contribution in [2.45, 2.75) is 25.7 Å². The Labute approximate surface area is 104 Å². The SMILES string of the molecule is CNCCCCS(=O)(=O)NCCOCC1CC1. The maximum Gasteiger partial charge on any atom is 0.211 e. The van der Waals surface area contributed by atoms with Gasteiger partial charge >= 0.3 is 0 Å². The Morgan fingerprint density at radius 1 is 1.24 bits per heavy atom. The van der Waals surface area contributed by atoms with Crippen LogP contribution in [-0.2, 0) is 14.8 Å². The number of hydrogen-bond donors (Lipinski definition) is 2. The zero-order valence-electron chi connectivity index (χ0n) is 10.6. The van der Waals surface area contributed by atoms with Gasteiger partial charge in [-0.15, -0.1) is 0 Å². The molecule has 5 nitrogen and oxygen atoms in total. The van der Waals surface area contributed by atoms with E-state index in [4.69, 9.17) is 4.74 Å². The van der Waals surface area contributed by atoms with Crippen molar-refractivity contribution in [2.75, 3.05) is 39.1 Å². The Kier molecular flexibility index (Phi) is 7.03. The lowest BCUT2D eigenvalue weighted by Crippen LogP contribution is -2.30. The molecular weight excluding hydrogens is 240 g/mol. The zero-order chi connectivity index (χ0) is 12.6. The lowest BCUT2D eigenvalue weighted by atomic mass is 10.3. The molecule has 1 rings (SSSR count). The Morgan fingerprint density at radius 2 is 2.00 bits per heavy atom. The smallest absolute Gasteiger partial charge is 0.211 e. The molecule has 0 heterocycles. The van der Waals surface area contributed by atoms with E-state index < -0.39 is 10.0 Å². The monoisotopic (exact) mass is 264 g/mol. The normalized spacial score (nSPS) is 16.3. The minimum absolute atomic E-state index is 0.206. The van der Waals surface area contributed by atoms with Crippen LogP contribution in [0.25, 0.3) is 0 Å². The molecular formula is C11H24N2O3S. The van der Waals surface area contributed by atoms with Crippen molar-refractivity contribution in [3.63, 3.8) is 0 Å². The molecule has 0 spiro atoms. The van der Waals surface area contributed by atoms with Crippen LogP contribution in [0.2, 0.25) is 0 Å². The van der Waals surface area contributed by atoms with Crippen molar-refractivity contribution in [1.29, 1.82) is 0 Å². The minimum Gasteiger partial charge on any atom is -0.380 e. The van der Waals surface area contributed by atoms with E-state index in [-0.39, 0.29) is 5.75 Å². The third-order valence-electron chi connectivity index (χ3n) is 2.71. The maximum absolute atomic E-state index is 11.5. The Bertz CT molecular complexity index is 289. The molecule has 0 bridgehead atoms. The number of rotatable bonds is 11. The third kappa shape index (κ3) is 8.54. The first kappa shape index (κ1) is 14.9. The second-order valence-electron chi connectivity index (χ2n) is 4.54. The summed E-state index contributed by atoms with van der Waals surface area (Å²) in [5.41, 5.74) is 0. The quantitative estimate of drug-likeness (QED) is 0.528. The van der Waals surface area contributed by atoms with Gasteiger partial charge in [0.25, 0.3) is 0 Å². The Hall–Kier alpha value is -0.170. The van der Waals surface area contributed by atoms with Gasteiger partial charge in [0.15, 0.2) is 0 Å². The second kappa shape index (κ2) is 8.02. The number of sulfonamides is 1. The molecule has 1 saturated carbocycles. The number of nitrogens with one attached hydrogen (secondary N) is 2. The van der Waals surface area contributed by atoms with E-state index in [0.29, 0.717) is 19.6 Å². The highest BCUT2D eigenvalue weighted by Gasteiger charge is 2.20. The molecule has 102 valence electrons. The predicted molar refractivity (Wildman–Crippen MR) is 68.5 cm³/mol. The summed E-state index contributed by atoms with van der Waals surface area (Å²) in [6.45, 7) is 2.51. The number of hydrogen-bond acceptors (Lipinski definition) is 4. The van der Waals surface area contributed by atoms with Gasteiger partial charge in [-0.25, -0.2) is 13.1 Å². The molecule has 0 aromatic carbocycles. The van der Waals surface area contributed by atoms with Crippen LogP contribution in [0, 0.1) is 5.92 Å². The number of ether oxygens (including phenoxy) is 1. The summed E-state index contributed by atoms with van der Waals surface area (Å²) in [4.78, 5) is 0. The van der Waals surface area contributed by atoms with Crippen LogP contribution < -0.4 is 10.0 Å². The highest BCUT2D eigenvalue weighted by molar-refractivity contribution is 7.89. The van der Waals surface area contributed by atoms with E-state index in [9.17, 15) is 8.42 Å². The highest BCUT2D eigenvalue weighted by Crippen LogP contribution is 2.28. The molecule has 0 amide bonds. The summed E-state index contributed by atoms with van der Waals surface area (Å²) >= 11 is 0. The van der Waals surface area contributed by atoms with Crippen molar-refractivity contribution >= 4 is 10.0 Å². The summed E-state index contributed by atoms with van der Waals surface area (Å²) < 4.78 is 30.9. The highest BCUT2D eigenvalue weighted by atomic mass is 32.2. The lowest BCUT2D eigenvalue weighted by molar-refractivity contribution is 0.129. The van der Waals surface area contributed by atoms with Crippen LogP contribution in [0.15, 0.2) is 0 Å². The first-order valence-electron chi connectivity index (χ1n) is 6.34. The molecule has 0 aromatic rings. The van der Waals surface area contributed by atoms with Crippen molar-refractivity contribution in [2.24, 2.45) is 5.92 Å². The predicted octanol–water partition coefficient (Wildman–Crippen LogP) is 0.332. The Morgan fingerprint density at radius 3 is 2.65 bits per heavy atom. The maximum atomic E-state index is 11.5. The third-order valence-corrected chi connectivity index (χ3v) is 4.18. The fraction of sp³-hybridized carbons (Fsp3) is 1.00. The first-order valence-corrected chi connectivity index (χ1v) is 7.99. The van der Waals surface area contributed by atoms with Gasteiger partial charge in [-0.05, 0) is 45.2 Å². The van der Waals surface area contributed by atoms with Crippen LogP contribution in [0.5, 0.6) is 0 Å². The molecule has 1 aliphatic rings. The summed E-state index contributed by atoms with van der Waals surface area (Å²) in [5, 5.41) is 3.00. The van der Waals surface area contributed by atoms with E-state index in [1.807, 2.05) is 7.05 Å². The van der Waals surface area contributed by atoms with Crippen LogP contribution in [-0.4, -0.2) is 47.5 Å². The standard InChI is InChI=1S/C11H24N2O3S/c1-12-6-2-3-9-17(14,15)13-7-8-16-10-11-4-5-11/h11-13H,2-10H2,1H3. The van der Waals surface area contributed by atoms with Crippen LogP contribution in [0.4, 0.5) is 0 Å². The summed E-state index contributed by atoms with van der Waals surface area (Å²) in [7, 11) is -1.24. The van der Waals surface area contributed by atoms with Crippen molar-refractivity contribution < 1.29 is 13.2 Å². The van der Waals surface area contributed by atoms with E-state index in [0.717, 1.165) is 25.5 Å². The number of unbranched alkanes of at least 4 members (excludes halogenated alkanes) is 1. The average molecular weight is 264 g/mol. The van der Waals surface area contributed by atoms with Gasteiger partial charge in [0.1, 0.15) is 0 Å².